The lowest BCUT2D eigenvalue weighted by Gasteiger charge is -2.08. The van der Waals surface area contributed by atoms with Crippen molar-refractivity contribution in [3.05, 3.63) is 12.3 Å². The van der Waals surface area contributed by atoms with Gasteiger partial charge in [0.05, 0.1) is 6.26 Å². The van der Waals surface area contributed by atoms with Crippen LogP contribution in [0.15, 0.2) is 12.3 Å². The molecule has 0 bridgehead atoms. The fourth-order valence-electron chi connectivity index (χ4n) is 1.24. The molecule has 1 heterocycles. The number of hydrogen-bond donors (Lipinski definition) is 0. The summed E-state index contributed by atoms with van der Waals surface area (Å²) >= 11 is 0. The Morgan fingerprint density at radius 3 is 3.00 bits per heavy atom. The molecule has 1 heteroatoms. The molecule has 1 unspecified atom stereocenters. The maximum absolute atomic E-state index is 5.32. The van der Waals surface area contributed by atoms with Crippen LogP contribution in [0.3, 0.4) is 0 Å². The van der Waals surface area contributed by atoms with Gasteiger partial charge < -0.3 is 4.74 Å². The Bertz CT molecular complexity index is 99.3. The fourth-order valence-corrected chi connectivity index (χ4v) is 1.24. The maximum Gasteiger partial charge on any atom is 0.101 e. The number of unbranched alkanes of at least 4 members (excludes halogenated alkanes) is 2. The van der Waals surface area contributed by atoms with Crippen molar-refractivity contribution in [1.29, 1.82) is 0 Å². The van der Waals surface area contributed by atoms with Crippen molar-refractivity contribution in [2.24, 2.45) is 0 Å². The summed E-state index contributed by atoms with van der Waals surface area (Å²) in [5, 5.41) is 0. The molecule has 0 N–H and O–H groups in total. The molecule has 1 aliphatic heterocycles. The SMILES string of the molecule is CCCCCC1CC=CO1. The molecule has 1 atom stereocenters. The van der Waals surface area contributed by atoms with E-state index in [0.29, 0.717) is 6.10 Å². The fraction of sp³-hybridized carbons (Fsp3) is 0.778. The van der Waals surface area contributed by atoms with Gasteiger partial charge in [0.25, 0.3) is 0 Å². The van der Waals surface area contributed by atoms with E-state index in [-0.39, 0.29) is 0 Å². The summed E-state index contributed by atoms with van der Waals surface area (Å²) in [5.41, 5.74) is 0. The summed E-state index contributed by atoms with van der Waals surface area (Å²) in [6, 6.07) is 0. The van der Waals surface area contributed by atoms with Crippen LogP contribution >= 0.6 is 0 Å². The highest BCUT2D eigenvalue weighted by Crippen LogP contribution is 2.15. The second-order valence-electron chi connectivity index (χ2n) is 2.86. The largest absolute Gasteiger partial charge is 0.498 e. The van der Waals surface area contributed by atoms with Crippen LogP contribution in [0.2, 0.25) is 0 Å². The third-order valence-electron chi connectivity index (χ3n) is 1.90. The molecule has 1 nitrogen and oxygen atoms in total. The molecule has 0 aromatic carbocycles. The minimum absolute atomic E-state index is 0.506. The Morgan fingerprint density at radius 2 is 2.40 bits per heavy atom. The first-order valence-electron chi connectivity index (χ1n) is 4.24. The number of rotatable bonds is 4. The van der Waals surface area contributed by atoms with Gasteiger partial charge in [-0.3, -0.25) is 0 Å². The third-order valence-corrected chi connectivity index (χ3v) is 1.90. The molecule has 0 fully saturated rings. The second-order valence-corrected chi connectivity index (χ2v) is 2.86. The van der Waals surface area contributed by atoms with E-state index in [4.69, 9.17) is 4.74 Å². The monoisotopic (exact) mass is 140 g/mol. The standard InChI is InChI=1S/C9H16O/c1-2-3-4-6-9-7-5-8-10-9/h5,8-9H,2-4,6-7H2,1H3. The van der Waals surface area contributed by atoms with E-state index in [0.717, 1.165) is 6.42 Å². The van der Waals surface area contributed by atoms with Crippen LogP contribution in [-0.2, 0) is 4.74 Å². The molecule has 0 saturated heterocycles. The first kappa shape index (κ1) is 7.64. The first-order chi connectivity index (χ1) is 4.93. The highest BCUT2D eigenvalue weighted by molar-refractivity contribution is 4.86. The summed E-state index contributed by atoms with van der Waals surface area (Å²) < 4.78 is 5.32. The highest BCUT2D eigenvalue weighted by Gasteiger charge is 2.09. The van der Waals surface area contributed by atoms with Gasteiger partial charge in [0.2, 0.25) is 0 Å². The van der Waals surface area contributed by atoms with Gasteiger partial charge in [-0.2, -0.15) is 0 Å². The van der Waals surface area contributed by atoms with Gasteiger partial charge in [-0.25, -0.2) is 0 Å². The summed E-state index contributed by atoms with van der Waals surface area (Å²) in [6.07, 6.45) is 10.8. The van der Waals surface area contributed by atoms with Gasteiger partial charge in [0.1, 0.15) is 6.10 Å². The van der Waals surface area contributed by atoms with Gasteiger partial charge in [0.15, 0.2) is 0 Å². The zero-order chi connectivity index (χ0) is 7.23. The molecule has 0 amide bonds. The van der Waals surface area contributed by atoms with Gasteiger partial charge in [-0.1, -0.05) is 19.8 Å². The zero-order valence-electron chi connectivity index (χ0n) is 6.68. The highest BCUT2D eigenvalue weighted by atomic mass is 16.5. The second kappa shape index (κ2) is 4.37. The Balaban J connectivity index is 1.93. The van der Waals surface area contributed by atoms with E-state index in [1.54, 1.807) is 0 Å². The molecule has 58 valence electrons. The van der Waals surface area contributed by atoms with Crippen molar-refractivity contribution in [2.45, 2.75) is 45.1 Å². The number of hydrogen-bond acceptors (Lipinski definition) is 1. The van der Waals surface area contributed by atoms with Crippen LogP contribution in [0.5, 0.6) is 0 Å². The lowest BCUT2D eigenvalue weighted by molar-refractivity contribution is 0.158. The normalized spacial score (nSPS) is 23.1. The molecule has 10 heavy (non-hydrogen) atoms. The van der Waals surface area contributed by atoms with Crippen molar-refractivity contribution in [1.82, 2.24) is 0 Å². The molecule has 0 aliphatic carbocycles. The van der Waals surface area contributed by atoms with Gasteiger partial charge in [-0.05, 0) is 18.9 Å². The van der Waals surface area contributed by atoms with Crippen molar-refractivity contribution < 1.29 is 4.74 Å². The predicted octanol–water partition coefficient (Wildman–Crippen LogP) is 2.87. The summed E-state index contributed by atoms with van der Waals surface area (Å²) in [6.45, 7) is 2.23. The van der Waals surface area contributed by atoms with E-state index in [2.05, 4.69) is 13.0 Å². The minimum Gasteiger partial charge on any atom is -0.498 e. The van der Waals surface area contributed by atoms with E-state index >= 15 is 0 Å². The molecular weight excluding hydrogens is 124 g/mol. The maximum atomic E-state index is 5.32. The van der Waals surface area contributed by atoms with Crippen molar-refractivity contribution in [3.8, 4) is 0 Å². The molecule has 1 rings (SSSR count). The lowest BCUT2D eigenvalue weighted by atomic mass is 10.1. The average molecular weight is 140 g/mol. The summed E-state index contributed by atoms with van der Waals surface area (Å²) in [5.74, 6) is 0. The zero-order valence-corrected chi connectivity index (χ0v) is 6.68. The van der Waals surface area contributed by atoms with Gasteiger partial charge in [-0.15, -0.1) is 0 Å². The summed E-state index contributed by atoms with van der Waals surface area (Å²) in [4.78, 5) is 0. The van der Waals surface area contributed by atoms with Crippen LogP contribution in [-0.4, -0.2) is 6.10 Å². The Morgan fingerprint density at radius 1 is 1.50 bits per heavy atom. The van der Waals surface area contributed by atoms with Crippen molar-refractivity contribution >= 4 is 0 Å². The lowest BCUT2D eigenvalue weighted by Crippen LogP contribution is -2.03. The van der Waals surface area contributed by atoms with E-state index in [1.807, 2.05) is 6.26 Å². The van der Waals surface area contributed by atoms with Gasteiger partial charge in [0, 0.05) is 6.42 Å². The molecular formula is C9H16O. The van der Waals surface area contributed by atoms with Crippen LogP contribution < -0.4 is 0 Å². The third kappa shape index (κ3) is 2.42. The smallest absolute Gasteiger partial charge is 0.101 e. The Labute approximate surface area is 63.1 Å². The van der Waals surface area contributed by atoms with Crippen LogP contribution in [0, 0.1) is 0 Å². The Kier molecular flexibility index (Phi) is 3.34. The number of ether oxygens (including phenoxy) is 1. The van der Waals surface area contributed by atoms with Crippen LogP contribution in [0.4, 0.5) is 0 Å². The topological polar surface area (TPSA) is 9.23 Å². The molecule has 1 aliphatic rings. The summed E-state index contributed by atoms with van der Waals surface area (Å²) in [7, 11) is 0. The molecule has 0 aromatic heterocycles. The van der Waals surface area contributed by atoms with Crippen LogP contribution in [0.25, 0.3) is 0 Å². The van der Waals surface area contributed by atoms with E-state index in [1.165, 1.54) is 25.7 Å². The Hall–Kier alpha value is -0.460. The average Bonchev–Trinajstić information content (AvgIpc) is 2.41. The first-order valence-corrected chi connectivity index (χ1v) is 4.24. The van der Waals surface area contributed by atoms with Gasteiger partial charge >= 0.3 is 0 Å². The van der Waals surface area contributed by atoms with Crippen molar-refractivity contribution in [3.63, 3.8) is 0 Å². The molecule has 0 radical (unpaired) electrons. The minimum atomic E-state index is 0.506. The van der Waals surface area contributed by atoms with E-state index in [9.17, 15) is 0 Å². The van der Waals surface area contributed by atoms with Crippen molar-refractivity contribution in [2.75, 3.05) is 0 Å². The quantitative estimate of drug-likeness (QED) is 0.545. The van der Waals surface area contributed by atoms with Crippen LogP contribution in [0.1, 0.15) is 39.0 Å². The predicted molar refractivity (Wildman–Crippen MR) is 42.8 cm³/mol. The van der Waals surface area contributed by atoms with E-state index < -0.39 is 0 Å². The molecule has 0 aromatic rings. The molecule has 0 spiro atoms. The molecule has 0 saturated carbocycles.